The number of benzene rings is 7. The summed E-state index contributed by atoms with van der Waals surface area (Å²) in [5.74, 6) is -7.42. The van der Waals surface area contributed by atoms with Gasteiger partial charge in [0, 0.05) is 65.5 Å². The van der Waals surface area contributed by atoms with E-state index in [-0.39, 0.29) is 32.9 Å². The van der Waals surface area contributed by atoms with Crippen molar-refractivity contribution in [1.82, 2.24) is 5.32 Å². The third-order valence-corrected chi connectivity index (χ3v) is 24.5. The Balaban J connectivity index is 0.000000193. The van der Waals surface area contributed by atoms with Crippen LogP contribution in [0.4, 0.5) is 17.1 Å². The Labute approximate surface area is 818 Å². The zero-order chi connectivity index (χ0) is 104. The number of para-hydroxylation sites is 2. The topological polar surface area (TPSA) is 582 Å². The fraction of sp³-hybridized carbons (Fsp3) is 0.151. The second-order valence-electron chi connectivity index (χ2n) is 31.5. The number of nitrogens with zero attached hydrogens (tertiary/aromatic N) is 2. The van der Waals surface area contributed by atoms with Crippen LogP contribution in [0, 0.1) is 40.0 Å². The largest absolute Gasteiger partial charge is 0.504 e. The Morgan fingerprint density at radius 2 is 0.741 bits per heavy atom. The van der Waals surface area contributed by atoms with Gasteiger partial charge in [0.25, 0.3) is 23.6 Å². The molecule has 13 aromatic rings. The van der Waals surface area contributed by atoms with Crippen molar-refractivity contribution in [2.24, 2.45) is 10.2 Å². The van der Waals surface area contributed by atoms with Crippen molar-refractivity contribution in [2.45, 2.75) is 107 Å². The van der Waals surface area contributed by atoms with E-state index in [1.807, 2.05) is 97.9 Å². The molecule has 0 spiro atoms. The Bertz CT molecular complexity index is 7560. The van der Waals surface area contributed by atoms with E-state index in [1.165, 1.54) is 30.3 Å². The van der Waals surface area contributed by atoms with Gasteiger partial charge in [0.1, 0.15) is 46.9 Å². The first-order chi connectivity index (χ1) is 68.0. The van der Waals surface area contributed by atoms with E-state index >= 15 is 0 Å². The van der Waals surface area contributed by atoms with Crippen LogP contribution in [-0.2, 0) is 39.5 Å². The zero-order valence-electron chi connectivity index (χ0n) is 77.2. The van der Waals surface area contributed by atoms with E-state index in [0.29, 0.717) is 115 Å². The van der Waals surface area contributed by atoms with Gasteiger partial charge in [-0.1, -0.05) is 153 Å². The van der Waals surface area contributed by atoms with Crippen molar-refractivity contribution < 1.29 is 112 Å². The number of nitrogens with one attached hydrogen (secondary N) is 4. The number of sulfone groups is 2. The van der Waals surface area contributed by atoms with E-state index < -0.39 is 160 Å². The van der Waals surface area contributed by atoms with Gasteiger partial charge in [-0.25, -0.2) is 16.8 Å². The highest BCUT2D eigenvalue weighted by molar-refractivity contribution is 7.91. The van der Waals surface area contributed by atoms with Gasteiger partial charge in [-0.15, -0.1) is 12.3 Å². The fourth-order valence-corrected chi connectivity index (χ4v) is 15.9. The molecule has 738 valence electrons. The summed E-state index contributed by atoms with van der Waals surface area (Å²) in [4.78, 5) is 118. The molecule has 16 N–H and O–H groups in total. The SMILES string of the molecule is C#CCCC1(CCNC(=O)c2cc(O)c(O)c(=O)cc2C)N=N1.CCCCS(=O)(=O)c1cccc(=O)c(O)c1O.Cc1cc(=O)c(O)c(O)cc1C(=O)Nc1ccc(OCc2ccccc2)cc1.Cc1cc(=O)c(O)c(O)cc1C(=O)Nc1cccc(OCc2ccccc2)c1.Cc1cc(=O)c(O)c(O)cc1C(=O)Nc1ccccc1OCc1ccccc1.O=c1cccc(S(=O)(=O)c2ccccc2)c(O)c1O. The van der Waals surface area contributed by atoms with Crippen LogP contribution in [0.25, 0.3) is 0 Å². The number of carbonyl (C=O) groups is 4. The summed E-state index contributed by atoms with van der Waals surface area (Å²) >= 11 is 0. The Hall–Kier alpha value is -18.2. The number of hydrogen-bond donors (Lipinski definition) is 16. The van der Waals surface area contributed by atoms with Gasteiger partial charge >= 0.3 is 0 Å². The summed E-state index contributed by atoms with van der Waals surface area (Å²) in [6.45, 7) is 9.53. The predicted molar refractivity (Wildman–Crippen MR) is 532 cm³/mol. The number of ether oxygens (including phenoxy) is 3. The minimum atomic E-state index is -4.00. The molecule has 37 heteroatoms. The van der Waals surface area contributed by atoms with E-state index in [2.05, 4.69) is 37.4 Å². The first kappa shape index (κ1) is 108. The summed E-state index contributed by atoms with van der Waals surface area (Å²) in [6, 6.07) is 72.4. The molecule has 13 aromatic carbocycles. The van der Waals surface area contributed by atoms with Crippen molar-refractivity contribution in [3.05, 3.63) is 402 Å². The first-order valence-electron chi connectivity index (χ1n) is 43.4. The fourth-order valence-electron chi connectivity index (χ4n) is 12.9. The molecule has 0 aromatic heterocycles. The lowest BCUT2D eigenvalue weighted by Crippen LogP contribution is -2.28. The second-order valence-corrected chi connectivity index (χ2v) is 35.4. The number of amides is 4. The van der Waals surface area contributed by atoms with Crippen LogP contribution in [0.2, 0.25) is 0 Å². The van der Waals surface area contributed by atoms with Crippen molar-refractivity contribution >= 4 is 60.4 Å². The molecular formula is C106H98N6O29S2. The maximum Gasteiger partial charge on any atom is 0.256 e. The van der Waals surface area contributed by atoms with Gasteiger partial charge in [-0.3, -0.25) is 47.9 Å². The predicted octanol–water partition coefficient (Wildman–Crippen LogP) is 14.6. The molecule has 14 rings (SSSR count). The van der Waals surface area contributed by atoms with Crippen LogP contribution < -0.4 is 68.1 Å². The number of carbonyl (C=O) groups excluding carboxylic acids is 4. The maximum atomic E-state index is 12.7. The Kier molecular flexibility index (Phi) is 38.5. The van der Waals surface area contributed by atoms with Crippen LogP contribution in [0.5, 0.6) is 86.2 Å². The van der Waals surface area contributed by atoms with Gasteiger partial charge in [0.15, 0.2) is 50.0 Å². The highest BCUT2D eigenvalue weighted by Crippen LogP contribution is 2.38. The highest BCUT2D eigenvalue weighted by atomic mass is 32.2. The number of aromatic hydroxyl groups is 12. The van der Waals surface area contributed by atoms with Crippen molar-refractivity contribution in [2.75, 3.05) is 28.2 Å². The van der Waals surface area contributed by atoms with Crippen LogP contribution in [0.15, 0.2) is 333 Å². The minimum Gasteiger partial charge on any atom is -0.504 e. The second kappa shape index (κ2) is 50.8. The molecule has 1 aliphatic heterocycles. The van der Waals surface area contributed by atoms with E-state index in [1.54, 1.807) is 107 Å². The van der Waals surface area contributed by atoms with Crippen molar-refractivity contribution in [1.29, 1.82) is 0 Å². The molecule has 0 unspecified atom stereocenters. The first-order valence-corrected chi connectivity index (χ1v) is 46.5. The molecule has 0 radical (unpaired) electrons. The molecule has 1 heterocycles. The minimum absolute atomic E-state index is 0.0386. The van der Waals surface area contributed by atoms with E-state index in [4.69, 9.17) is 20.6 Å². The molecule has 0 aliphatic carbocycles. The third-order valence-electron chi connectivity index (χ3n) is 20.9. The number of hydrogen-bond acceptors (Lipinski definition) is 31. The standard InChI is InChI=1S/3C22H19NO5.C16H17N3O4.C13H10O5S.C11H14O5S/c1-14-11-18(24)21(26)19(25)12-16(14)22(27)23-17-9-5-6-10-20(17)28-13-15-7-3-2-4-8-15;1-14-10-19(24)21(26)20(25)12-18(14)22(27)23-16-8-5-9-17(11-16)28-13-15-6-3-2-4-7-15;1-14-11-19(24)21(26)20(25)12-18(14)22(27)23-16-7-9-17(10-8-16)28-13-15-5-3-2-4-6-15;1-3-4-5-16(18-19-16)6-7-17-15(23)11-9-13(21)14(22)12(20)8-10(11)2;14-10-7-4-8-11(13(16)12(10)15)19(17,18)9-5-2-1-3-6-9;1-2-3-7-17(15,16)9-6-4-5-8(12)10(13)11(9)14/h3*2-12H,13H2,1H3,(H,23,27)(H2,24,25,26);1,8-9H,4-7H2,2H3,(H,17,23)(H2,20,21,22);1-8H,(H2,14,15,16);4-6H,2-3,7H2,1H3,(H2,12,13,14). The molecular weight excluding hydrogens is 1890 g/mol. The van der Waals surface area contributed by atoms with Gasteiger partial charge < -0.3 is 96.8 Å². The lowest BCUT2D eigenvalue weighted by molar-refractivity contribution is 0.0948. The van der Waals surface area contributed by atoms with E-state index in [0.717, 1.165) is 95.6 Å². The lowest BCUT2D eigenvalue weighted by atomic mass is 10.0. The highest BCUT2D eigenvalue weighted by Gasteiger charge is 2.39. The van der Waals surface area contributed by atoms with Gasteiger partial charge in [-0.05, 0) is 207 Å². The molecule has 0 fully saturated rings. The average molecular weight is 1980 g/mol. The number of rotatable bonds is 27. The monoisotopic (exact) mass is 1980 g/mol. The molecule has 0 bridgehead atoms. The van der Waals surface area contributed by atoms with Gasteiger partial charge in [-0.2, -0.15) is 10.2 Å². The van der Waals surface area contributed by atoms with Crippen molar-refractivity contribution in [3.63, 3.8) is 0 Å². The molecule has 35 nitrogen and oxygen atoms in total. The summed E-state index contributed by atoms with van der Waals surface area (Å²) < 4.78 is 65.5. The van der Waals surface area contributed by atoms with Crippen LogP contribution >= 0.6 is 0 Å². The van der Waals surface area contributed by atoms with E-state index in [9.17, 15) is 126 Å². The number of anilines is 3. The lowest BCUT2D eigenvalue weighted by Gasteiger charge is -2.13. The third kappa shape index (κ3) is 30.9. The summed E-state index contributed by atoms with van der Waals surface area (Å²) in [5.41, 5.74) is 0.996. The molecule has 0 saturated carbocycles. The summed E-state index contributed by atoms with van der Waals surface area (Å²) in [6.07, 6.45) is 8.09. The molecule has 143 heavy (non-hydrogen) atoms. The van der Waals surface area contributed by atoms with Crippen LogP contribution in [0.3, 0.4) is 0 Å². The quantitative estimate of drug-likeness (QED) is 0.0213. The molecule has 4 amide bonds. The molecule has 0 saturated heterocycles. The van der Waals surface area contributed by atoms with Crippen LogP contribution in [0.1, 0.15) is 119 Å². The average Bonchev–Trinajstić information content (AvgIpc) is 1.78. The van der Waals surface area contributed by atoms with Crippen LogP contribution in [-0.4, -0.2) is 120 Å². The zero-order valence-corrected chi connectivity index (χ0v) is 78.9. The molecule has 1 aliphatic rings. The van der Waals surface area contributed by atoms with Gasteiger partial charge in [0.2, 0.25) is 76.9 Å². The van der Waals surface area contributed by atoms with Gasteiger partial charge in [0.05, 0.1) is 16.3 Å². The number of aryl methyl sites for hydroxylation is 4. The number of terminal acetylenes is 1. The maximum absolute atomic E-state index is 12.7. The summed E-state index contributed by atoms with van der Waals surface area (Å²) in [5, 5.41) is 134. The molecule has 0 atom stereocenters. The smallest absolute Gasteiger partial charge is 0.256 e. The summed E-state index contributed by atoms with van der Waals surface area (Å²) in [7, 11) is -7.69. The Morgan fingerprint density at radius 1 is 0.364 bits per heavy atom. The normalized spacial score (nSPS) is 11.2. The number of unbranched alkanes of at least 4 members (excludes halogenated alkanes) is 1. The Morgan fingerprint density at radius 3 is 1.17 bits per heavy atom. The van der Waals surface area contributed by atoms with Crippen molar-refractivity contribution in [3.8, 4) is 98.6 Å².